The highest BCUT2D eigenvalue weighted by molar-refractivity contribution is 5.92. The number of benzene rings is 2. The minimum absolute atomic E-state index is 0.120. The molecule has 1 heterocycles. The lowest BCUT2D eigenvalue weighted by molar-refractivity contribution is -0.139. The standard InChI is InChI=1S/C17H12F4N4O2/c18-13-7-11(5-6-14(13)25-10-22-9-23-25)24-16(26)8-27-15-4-2-1-3-12(15)17(19,20)21/h1-7,9-10H,8H2,(H,24,26). The van der Waals surface area contributed by atoms with E-state index in [0.29, 0.717) is 0 Å². The summed E-state index contributed by atoms with van der Waals surface area (Å²) in [6.07, 6.45) is -2.05. The molecule has 0 radical (unpaired) electrons. The van der Waals surface area contributed by atoms with E-state index in [1.807, 2.05) is 0 Å². The van der Waals surface area contributed by atoms with Gasteiger partial charge < -0.3 is 10.1 Å². The number of hydrogen-bond acceptors (Lipinski definition) is 4. The molecule has 0 unspecified atom stereocenters. The van der Waals surface area contributed by atoms with E-state index in [2.05, 4.69) is 15.4 Å². The first-order valence-corrected chi connectivity index (χ1v) is 7.58. The van der Waals surface area contributed by atoms with Crippen molar-refractivity contribution in [2.75, 3.05) is 11.9 Å². The SMILES string of the molecule is O=C(COc1ccccc1C(F)(F)F)Nc1ccc(-n2cncn2)c(F)c1. The zero-order chi connectivity index (χ0) is 19.4. The van der Waals surface area contributed by atoms with Gasteiger partial charge in [0, 0.05) is 5.69 Å². The number of anilines is 1. The van der Waals surface area contributed by atoms with Gasteiger partial charge in [0.05, 0.1) is 5.56 Å². The Morgan fingerprint density at radius 3 is 2.63 bits per heavy atom. The second kappa shape index (κ2) is 7.44. The second-order valence-corrected chi connectivity index (χ2v) is 5.34. The number of halogens is 4. The van der Waals surface area contributed by atoms with Gasteiger partial charge in [-0.2, -0.15) is 18.3 Å². The smallest absolute Gasteiger partial charge is 0.419 e. The molecule has 0 spiro atoms. The summed E-state index contributed by atoms with van der Waals surface area (Å²) in [6.45, 7) is -0.667. The highest BCUT2D eigenvalue weighted by Crippen LogP contribution is 2.35. The lowest BCUT2D eigenvalue weighted by Gasteiger charge is -2.13. The van der Waals surface area contributed by atoms with Gasteiger partial charge in [0.2, 0.25) is 0 Å². The Morgan fingerprint density at radius 2 is 1.96 bits per heavy atom. The molecule has 1 N–H and O–H groups in total. The summed E-state index contributed by atoms with van der Waals surface area (Å²) in [5.41, 5.74) is -0.740. The summed E-state index contributed by atoms with van der Waals surface area (Å²) in [5.74, 6) is -1.87. The van der Waals surface area contributed by atoms with E-state index in [-0.39, 0.29) is 11.4 Å². The molecule has 140 valence electrons. The van der Waals surface area contributed by atoms with Crippen LogP contribution in [-0.4, -0.2) is 27.3 Å². The van der Waals surface area contributed by atoms with E-state index < -0.39 is 35.8 Å². The Kier molecular flexibility index (Phi) is 5.06. The average molecular weight is 380 g/mol. The van der Waals surface area contributed by atoms with Gasteiger partial charge in [-0.05, 0) is 30.3 Å². The Balaban J connectivity index is 1.65. The Hall–Kier alpha value is -3.43. The number of aromatic nitrogens is 3. The lowest BCUT2D eigenvalue weighted by atomic mass is 10.2. The summed E-state index contributed by atoms with van der Waals surface area (Å²) in [7, 11) is 0. The van der Waals surface area contributed by atoms with Crippen molar-refractivity contribution in [1.82, 2.24) is 14.8 Å². The van der Waals surface area contributed by atoms with E-state index in [1.54, 1.807) is 0 Å². The summed E-state index contributed by atoms with van der Waals surface area (Å²) in [5, 5.41) is 6.15. The number of nitrogens with one attached hydrogen (secondary N) is 1. The number of ether oxygens (including phenoxy) is 1. The largest absolute Gasteiger partial charge is 0.483 e. The van der Waals surface area contributed by atoms with Gasteiger partial charge >= 0.3 is 6.18 Å². The van der Waals surface area contributed by atoms with Crippen molar-refractivity contribution in [2.24, 2.45) is 0 Å². The summed E-state index contributed by atoms with van der Waals surface area (Å²) >= 11 is 0. The number of carbonyl (C=O) groups excluding carboxylic acids is 1. The summed E-state index contributed by atoms with van der Waals surface area (Å²) in [4.78, 5) is 15.6. The number of para-hydroxylation sites is 1. The zero-order valence-electron chi connectivity index (χ0n) is 13.6. The highest BCUT2D eigenvalue weighted by atomic mass is 19.4. The molecule has 0 saturated carbocycles. The first-order chi connectivity index (χ1) is 12.8. The average Bonchev–Trinajstić information content (AvgIpc) is 3.14. The molecule has 0 fully saturated rings. The van der Waals surface area contributed by atoms with Crippen LogP contribution in [0, 0.1) is 5.82 Å². The third-order valence-electron chi connectivity index (χ3n) is 3.45. The van der Waals surface area contributed by atoms with Crippen molar-refractivity contribution in [3.05, 3.63) is 66.5 Å². The van der Waals surface area contributed by atoms with Gasteiger partial charge in [-0.3, -0.25) is 4.79 Å². The molecular formula is C17H12F4N4O2. The monoisotopic (exact) mass is 380 g/mol. The summed E-state index contributed by atoms with van der Waals surface area (Å²) in [6, 6.07) is 8.39. The van der Waals surface area contributed by atoms with E-state index in [1.165, 1.54) is 41.6 Å². The lowest BCUT2D eigenvalue weighted by Crippen LogP contribution is -2.21. The highest BCUT2D eigenvalue weighted by Gasteiger charge is 2.34. The number of hydrogen-bond donors (Lipinski definition) is 1. The fourth-order valence-corrected chi connectivity index (χ4v) is 2.27. The van der Waals surface area contributed by atoms with Crippen LogP contribution in [0.1, 0.15) is 5.56 Å². The van der Waals surface area contributed by atoms with Crippen LogP contribution in [-0.2, 0) is 11.0 Å². The number of alkyl halides is 3. The van der Waals surface area contributed by atoms with Crippen LogP contribution < -0.4 is 10.1 Å². The van der Waals surface area contributed by atoms with Crippen molar-refractivity contribution in [1.29, 1.82) is 0 Å². The quantitative estimate of drug-likeness (QED) is 0.689. The van der Waals surface area contributed by atoms with Gasteiger partial charge in [-0.25, -0.2) is 14.1 Å². The van der Waals surface area contributed by atoms with Gasteiger partial charge in [0.15, 0.2) is 12.4 Å². The van der Waals surface area contributed by atoms with Crippen molar-refractivity contribution >= 4 is 11.6 Å². The second-order valence-electron chi connectivity index (χ2n) is 5.34. The van der Waals surface area contributed by atoms with E-state index >= 15 is 0 Å². The van der Waals surface area contributed by atoms with E-state index in [4.69, 9.17) is 4.74 Å². The topological polar surface area (TPSA) is 69.0 Å². The van der Waals surface area contributed by atoms with Crippen LogP contribution in [0.25, 0.3) is 5.69 Å². The molecule has 0 aliphatic rings. The first kappa shape index (κ1) is 18.4. The third-order valence-corrected chi connectivity index (χ3v) is 3.45. The van der Waals surface area contributed by atoms with Crippen LogP contribution in [0.5, 0.6) is 5.75 Å². The third kappa shape index (κ3) is 4.40. The number of carbonyl (C=O) groups is 1. The maximum atomic E-state index is 14.1. The first-order valence-electron chi connectivity index (χ1n) is 7.58. The molecule has 6 nitrogen and oxygen atoms in total. The minimum atomic E-state index is -4.60. The van der Waals surface area contributed by atoms with Crippen LogP contribution in [0.2, 0.25) is 0 Å². The molecule has 3 aromatic rings. The number of nitrogens with zero attached hydrogens (tertiary/aromatic N) is 3. The molecule has 0 atom stereocenters. The van der Waals surface area contributed by atoms with Gasteiger partial charge in [-0.1, -0.05) is 12.1 Å². The van der Waals surface area contributed by atoms with Gasteiger partial charge in [0.25, 0.3) is 5.91 Å². The molecule has 2 aromatic carbocycles. The number of rotatable bonds is 5. The molecule has 3 rings (SSSR count). The maximum Gasteiger partial charge on any atom is 0.419 e. The molecule has 1 amide bonds. The van der Waals surface area contributed by atoms with Crippen LogP contribution in [0.3, 0.4) is 0 Å². The zero-order valence-corrected chi connectivity index (χ0v) is 13.6. The van der Waals surface area contributed by atoms with Crippen molar-refractivity contribution in [3.8, 4) is 11.4 Å². The van der Waals surface area contributed by atoms with E-state index in [9.17, 15) is 22.4 Å². The molecule has 0 aliphatic heterocycles. The minimum Gasteiger partial charge on any atom is -0.483 e. The summed E-state index contributed by atoms with van der Waals surface area (Å²) < 4.78 is 58.9. The van der Waals surface area contributed by atoms with Crippen molar-refractivity contribution in [2.45, 2.75) is 6.18 Å². The van der Waals surface area contributed by atoms with Gasteiger partial charge in [-0.15, -0.1) is 0 Å². The van der Waals surface area contributed by atoms with Crippen LogP contribution in [0.15, 0.2) is 55.1 Å². The van der Waals surface area contributed by atoms with Gasteiger partial charge in [0.1, 0.15) is 24.1 Å². The molecule has 0 saturated heterocycles. The Morgan fingerprint density at radius 1 is 1.19 bits per heavy atom. The Bertz CT molecular complexity index is 942. The molecular weight excluding hydrogens is 368 g/mol. The molecule has 27 heavy (non-hydrogen) atoms. The fraction of sp³-hybridized carbons (Fsp3) is 0.118. The number of amides is 1. The van der Waals surface area contributed by atoms with Crippen LogP contribution >= 0.6 is 0 Å². The predicted octanol–water partition coefficient (Wildman–Crippen LogP) is 3.44. The molecule has 0 aliphatic carbocycles. The van der Waals surface area contributed by atoms with E-state index in [0.717, 1.165) is 18.2 Å². The predicted molar refractivity (Wildman–Crippen MR) is 86.9 cm³/mol. The molecule has 1 aromatic heterocycles. The van der Waals surface area contributed by atoms with Crippen molar-refractivity contribution in [3.63, 3.8) is 0 Å². The normalized spacial score (nSPS) is 11.3. The molecule has 10 heteroatoms. The Labute approximate surface area is 150 Å². The fourth-order valence-electron chi connectivity index (χ4n) is 2.27. The molecule has 0 bridgehead atoms. The van der Waals surface area contributed by atoms with Crippen LogP contribution in [0.4, 0.5) is 23.2 Å². The maximum absolute atomic E-state index is 14.1. The van der Waals surface area contributed by atoms with Crippen molar-refractivity contribution < 1.29 is 27.1 Å².